The molecule has 5 unspecified atom stereocenters. The molecular weight excluding hydrogens is 192 g/mol. The molecule has 0 spiro atoms. The number of rotatable bonds is 4. The average Bonchev–Trinajstić information content (AvgIpc) is 2.41. The molecule has 0 amide bonds. The van der Waals surface area contributed by atoms with Crippen molar-refractivity contribution in [1.82, 2.24) is 0 Å². The summed E-state index contributed by atoms with van der Waals surface area (Å²) in [6.07, 6.45) is 8.69. The van der Waals surface area contributed by atoms with Crippen molar-refractivity contribution in [1.29, 1.82) is 0 Å². The molecule has 1 aliphatic rings. The zero-order valence-electron chi connectivity index (χ0n) is 12.1. The Labute approximate surface area is 103 Å². The molecule has 1 aliphatic carbocycles. The van der Waals surface area contributed by atoms with Gasteiger partial charge in [-0.3, -0.25) is 0 Å². The third-order valence-corrected chi connectivity index (χ3v) is 5.04. The van der Waals surface area contributed by atoms with Crippen molar-refractivity contribution in [2.45, 2.75) is 73.1 Å². The Hall–Kier alpha value is 0. The minimum Gasteiger partial charge on any atom is -0.0651 e. The molecule has 0 nitrogen and oxygen atoms in total. The maximum atomic E-state index is 2.50. The number of hydrogen-bond acceptors (Lipinski definition) is 0. The Bertz CT molecular complexity index is 184. The summed E-state index contributed by atoms with van der Waals surface area (Å²) >= 11 is 0. The minimum absolute atomic E-state index is 0.919. The second-order valence-corrected chi connectivity index (χ2v) is 6.63. The molecule has 0 radical (unpaired) electrons. The maximum absolute atomic E-state index is 2.50. The highest BCUT2D eigenvalue weighted by Gasteiger charge is 2.27. The Balaban J connectivity index is 2.49. The largest absolute Gasteiger partial charge is 0.0651 e. The molecule has 0 aromatic carbocycles. The van der Waals surface area contributed by atoms with Crippen molar-refractivity contribution in [3.05, 3.63) is 0 Å². The molecule has 0 heterocycles. The lowest BCUT2D eigenvalue weighted by Gasteiger charge is -2.29. The summed E-state index contributed by atoms with van der Waals surface area (Å²) in [5, 5.41) is 0. The molecule has 0 aromatic rings. The van der Waals surface area contributed by atoms with Gasteiger partial charge < -0.3 is 0 Å². The fourth-order valence-electron chi connectivity index (χ4n) is 3.49. The van der Waals surface area contributed by atoms with Crippen LogP contribution in [0.4, 0.5) is 0 Å². The van der Waals surface area contributed by atoms with E-state index in [-0.39, 0.29) is 0 Å². The third kappa shape index (κ3) is 4.11. The fraction of sp³-hybridized carbons (Fsp3) is 1.00. The Morgan fingerprint density at radius 3 is 2.25 bits per heavy atom. The second-order valence-electron chi connectivity index (χ2n) is 6.63. The van der Waals surface area contributed by atoms with Crippen molar-refractivity contribution in [2.75, 3.05) is 0 Å². The molecular formula is C16H32. The van der Waals surface area contributed by atoms with Gasteiger partial charge in [-0.2, -0.15) is 0 Å². The maximum Gasteiger partial charge on any atom is -0.0362 e. The van der Waals surface area contributed by atoms with E-state index >= 15 is 0 Å². The first kappa shape index (κ1) is 14.1. The average molecular weight is 224 g/mol. The second kappa shape index (κ2) is 6.67. The quantitative estimate of drug-likeness (QED) is 0.551. The molecule has 0 aliphatic heterocycles. The van der Waals surface area contributed by atoms with Gasteiger partial charge in [0.2, 0.25) is 0 Å². The summed E-state index contributed by atoms with van der Waals surface area (Å²) in [7, 11) is 0. The lowest BCUT2D eigenvalue weighted by Crippen LogP contribution is -2.20. The van der Waals surface area contributed by atoms with Gasteiger partial charge in [-0.1, -0.05) is 60.3 Å². The smallest absolute Gasteiger partial charge is 0.0362 e. The first-order valence-electron chi connectivity index (χ1n) is 7.54. The van der Waals surface area contributed by atoms with Crippen LogP contribution >= 0.6 is 0 Å². The van der Waals surface area contributed by atoms with E-state index in [9.17, 15) is 0 Å². The fourth-order valence-corrected chi connectivity index (χ4v) is 3.49. The highest BCUT2D eigenvalue weighted by molar-refractivity contribution is 4.78. The van der Waals surface area contributed by atoms with Gasteiger partial charge in [0.05, 0.1) is 0 Å². The molecule has 0 N–H and O–H groups in total. The normalized spacial score (nSPS) is 35.4. The first-order valence-corrected chi connectivity index (χ1v) is 7.54. The van der Waals surface area contributed by atoms with Gasteiger partial charge in [-0.25, -0.2) is 0 Å². The Kier molecular flexibility index (Phi) is 5.86. The van der Waals surface area contributed by atoms with Gasteiger partial charge >= 0.3 is 0 Å². The van der Waals surface area contributed by atoms with E-state index in [0.717, 1.165) is 29.6 Å². The van der Waals surface area contributed by atoms with Crippen molar-refractivity contribution >= 4 is 0 Å². The van der Waals surface area contributed by atoms with Crippen LogP contribution in [0.2, 0.25) is 0 Å². The Morgan fingerprint density at radius 1 is 1.00 bits per heavy atom. The van der Waals surface area contributed by atoms with E-state index in [1.807, 2.05) is 0 Å². The monoisotopic (exact) mass is 224 g/mol. The summed E-state index contributed by atoms with van der Waals surface area (Å²) in [6, 6.07) is 0. The third-order valence-electron chi connectivity index (χ3n) is 5.04. The van der Waals surface area contributed by atoms with Crippen LogP contribution in [-0.4, -0.2) is 0 Å². The van der Waals surface area contributed by atoms with E-state index in [0.29, 0.717) is 0 Å². The molecule has 96 valence electrons. The predicted molar refractivity (Wildman–Crippen MR) is 73.5 cm³/mol. The van der Waals surface area contributed by atoms with E-state index in [1.54, 1.807) is 0 Å². The van der Waals surface area contributed by atoms with Crippen LogP contribution in [-0.2, 0) is 0 Å². The van der Waals surface area contributed by atoms with Gasteiger partial charge in [0.25, 0.3) is 0 Å². The van der Waals surface area contributed by atoms with Crippen molar-refractivity contribution in [2.24, 2.45) is 29.6 Å². The molecule has 16 heavy (non-hydrogen) atoms. The van der Waals surface area contributed by atoms with Crippen LogP contribution < -0.4 is 0 Å². The molecule has 0 bridgehead atoms. The van der Waals surface area contributed by atoms with Crippen LogP contribution in [0.15, 0.2) is 0 Å². The van der Waals surface area contributed by atoms with Gasteiger partial charge in [-0.05, 0) is 42.4 Å². The lowest BCUT2D eigenvalue weighted by atomic mass is 9.76. The molecule has 1 fully saturated rings. The van der Waals surface area contributed by atoms with Crippen LogP contribution in [0.25, 0.3) is 0 Å². The Morgan fingerprint density at radius 2 is 1.62 bits per heavy atom. The van der Waals surface area contributed by atoms with Gasteiger partial charge in [0, 0.05) is 0 Å². The molecule has 1 saturated carbocycles. The van der Waals surface area contributed by atoms with Crippen LogP contribution in [0.1, 0.15) is 73.1 Å². The van der Waals surface area contributed by atoms with Gasteiger partial charge in [0.1, 0.15) is 0 Å². The van der Waals surface area contributed by atoms with Gasteiger partial charge in [-0.15, -0.1) is 0 Å². The highest BCUT2D eigenvalue weighted by atomic mass is 14.3. The standard InChI is InChI=1S/C16H32/c1-6-12(2)11-15(5)16-10-8-13(3)7-9-14(16)4/h12-16H,6-11H2,1-5H3. The lowest BCUT2D eigenvalue weighted by molar-refractivity contribution is 0.207. The van der Waals surface area contributed by atoms with Crippen molar-refractivity contribution in [3.8, 4) is 0 Å². The highest BCUT2D eigenvalue weighted by Crippen LogP contribution is 2.38. The SMILES string of the molecule is CCC(C)CC(C)C1CCC(C)CCC1C. The zero-order chi connectivity index (χ0) is 12.1. The summed E-state index contributed by atoms with van der Waals surface area (Å²) in [4.78, 5) is 0. The minimum atomic E-state index is 0.919. The first-order chi connectivity index (χ1) is 7.54. The summed E-state index contributed by atoms with van der Waals surface area (Å²) in [5.74, 6) is 4.80. The van der Waals surface area contributed by atoms with Crippen LogP contribution in [0.3, 0.4) is 0 Å². The molecule has 0 heteroatoms. The van der Waals surface area contributed by atoms with Crippen LogP contribution in [0.5, 0.6) is 0 Å². The van der Waals surface area contributed by atoms with Crippen molar-refractivity contribution < 1.29 is 0 Å². The summed E-state index contributed by atoms with van der Waals surface area (Å²) in [5.41, 5.74) is 0. The van der Waals surface area contributed by atoms with E-state index in [2.05, 4.69) is 34.6 Å². The van der Waals surface area contributed by atoms with E-state index in [4.69, 9.17) is 0 Å². The topological polar surface area (TPSA) is 0 Å². The van der Waals surface area contributed by atoms with Crippen molar-refractivity contribution in [3.63, 3.8) is 0 Å². The zero-order valence-corrected chi connectivity index (χ0v) is 12.1. The van der Waals surface area contributed by atoms with E-state index < -0.39 is 0 Å². The summed E-state index contributed by atoms with van der Waals surface area (Å²) in [6.45, 7) is 12.2. The molecule has 0 saturated heterocycles. The molecule has 1 rings (SSSR count). The van der Waals surface area contributed by atoms with E-state index in [1.165, 1.54) is 38.5 Å². The number of hydrogen-bond donors (Lipinski definition) is 0. The molecule has 0 aromatic heterocycles. The van der Waals surface area contributed by atoms with Crippen LogP contribution in [0, 0.1) is 29.6 Å². The summed E-state index contributed by atoms with van der Waals surface area (Å²) < 4.78 is 0. The predicted octanol–water partition coefficient (Wildman–Crippen LogP) is 5.52. The molecule has 5 atom stereocenters. The van der Waals surface area contributed by atoms with Gasteiger partial charge in [0.15, 0.2) is 0 Å².